The number of rotatable bonds is 6. The Morgan fingerprint density at radius 3 is 2.88 bits per heavy atom. The predicted octanol–water partition coefficient (Wildman–Crippen LogP) is 1.97. The van der Waals surface area contributed by atoms with E-state index in [0.717, 1.165) is 4.21 Å². The molecule has 1 amide bonds. The van der Waals surface area contributed by atoms with Crippen molar-refractivity contribution in [1.29, 1.82) is 0 Å². The number of carbonyl (C=O) groups excluding carboxylic acids is 1. The van der Waals surface area contributed by atoms with E-state index in [-0.39, 0.29) is 24.5 Å². The van der Waals surface area contributed by atoms with Crippen LogP contribution >= 0.6 is 23.1 Å². The van der Waals surface area contributed by atoms with Crippen LogP contribution in [0.15, 0.2) is 21.7 Å². The number of nitrogens with one attached hydrogen (secondary N) is 1. The summed E-state index contributed by atoms with van der Waals surface area (Å²) in [6.45, 7) is 3.95. The van der Waals surface area contributed by atoms with Gasteiger partial charge in [0.1, 0.15) is 0 Å². The van der Waals surface area contributed by atoms with Crippen molar-refractivity contribution in [2.75, 3.05) is 12.4 Å². The van der Waals surface area contributed by atoms with Crippen molar-refractivity contribution in [2.24, 2.45) is 5.92 Å². The van der Waals surface area contributed by atoms with Gasteiger partial charge in [-0.25, -0.2) is 0 Å². The summed E-state index contributed by atoms with van der Waals surface area (Å²) in [4.78, 5) is 11.6. The number of thiophene rings is 1. The molecule has 90 valence electrons. The van der Waals surface area contributed by atoms with Gasteiger partial charge in [0, 0.05) is 0 Å². The minimum atomic E-state index is -0.142. The second kappa shape index (κ2) is 6.93. The van der Waals surface area contributed by atoms with E-state index in [1.165, 1.54) is 11.8 Å². The summed E-state index contributed by atoms with van der Waals surface area (Å²) in [5, 5.41) is 13.9. The normalized spacial score (nSPS) is 12.8. The molecule has 16 heavy (non-hydrogen) atoms. The average molecular weight is 259 g/mol. The lowest BCUT2D eigenvalue weighted by atomic mass is 10.1. The third kappa shape index (κ3) is 4.55. The van der Waals surface area contributed by atoms with Gasteiger partial charge in [-0.05, 0) is 17.4 Å². The fraction of sp³-hybridized carbons (Fsp3) is 0.545. The van der Waals surface area contributed by atoms with Crippen LogP contribution in [-0.2, 0) is 4.79 Å². The summed E-state index contributed by atoms with van der Waals surface area (Å²) in [6.07, 6.45) is 0. The van der Waals surface area contributed by atoms with E-state index in [2.05, 4.69) is 5.32 Å². The first kappa shape index (κ1) is 13.5. The first-order valence-electron chi connectivity index (χ1n) is 5.20. The second-order valence-electron chi connectivity index (χ2n) is 3.82. The SMILES string of the molecule is CC(C)[C@@H](CO)NC(=O)CSc1cccs1. The fourth-order valence-corrected chi connectivity index (χ4v) is 2.75. The van der Waals surface area contributed by atoms with E-state index in [4.69, 9.17) is 5.11 Å². The third-order valence-electron chi connectivity index (χ3n) is 2.19. The van der Waals surface area contributed by atoms with Crippen molar-refractivity contribution in [3.05, 3.63) is 17.5 Å². The summed E-state index contributed by atoms with van der Waals surface area (Å²) in [5.41, 5.74) is 0. The van der Waals surface area contributed by atoms with Gasteiger partial charge in [-0.2, -0.15) is 0 Å². The van der Waals surface area contributed by atoms with Gasteiger partial charge in [-0.1, -0.05) is 19.9 Å². The van der Waals surface area contributed by atoms with Crippen LogP contribution in [0.5, 0.6) is 0 Å². The predicted molar refractivity (Wildman–Crippen MR) is 68.9 cm³/mol. The molecule has 0 aliphatic rings. The maximum atomic E-state index is 11.6. The van der Waals surface area contributed by atoms with Gasteiger partial charge in [0.25, 0.3) is 0 Å². The van der Waals surface area contributed by atoms with Crippen LogP contribution in [0.4, 0.5) is 0 Å². The number of amides is 1. The molecule has 2 N–H and O–H groups in total. The van der Waals surface area contributed by atoms with Crippen molar-refractivity contribution < 1.29 is 9.90 Å². The van der Waals surface area contributed by atoms with Gasteiger partial charge in [-0.3, -0.25) is 4.79 Å². The molecule has 3 nitrogen and oxygen atoms in total. The summed E-state index contributed by atoms with van der Waals surface area (Å²) in [7, 11) is 0. The monoisotopic (exact) mass is 259 g/mol. The molecule has 0 aromatic carbocycles. The molecule has 5 heteroatoms. The van der Waals surface area contributed by atoms with Crippen LogP contribution in [0.3, 0.4) is 0 Å². The standard InChI is InChI=1S/C11H17NO2S2/c1-8(2)9(6-13)12-10(14)7-16-11-4-3-5-15-11/h3-5,8-9,13H,6-7H2,1-2H3,(H,12,14)/t9-/m1/s1. The first-order valence-corrected chi connectivity index (χ1v) is 7.06. The summed E-state index contributed by atoms with van der Waals surface area (Å²) >= 11 is 3.15. The highest BCUT2D eigenvalue weighted by atomic mass is 32.2. The lowest BCUT2D eigenvalue weighted by Crippen LogP contribution is -2.41. The number of aliphatic hydroxyl groups excluding tert-OH is 1. The Kier molecular flexibility index (Phi) is 5.87. The highest BCUT2D eigenvalue weighted by molar-refractivity contribution is 8.01. The number of hydrogen-bond donors (Lipinski definition) is 2. The lowest BCUT2D eigenvalue weighted by Gasteiger charge is -2.19. The van der Waals surface area contributed by atoms with E-state index >= 15 is 0 Å². The molecular weight excluding hydrogens is 242 g/mol. The van der Waals surface area contributed by atoms with Gasteiger partial charge in [0.15, 0.2) is 0 Å². The lowest BCUT2D eigenvalue weighted by molar-refractivity contribution is -0.119. The Bertz CT molecular complexity index is 312. The quantitative estimate of drug-likeness (QED) is 0.768. The van der Waals surface area contributed by atoms with Crippen LogP contribution in [0.1, 0.15) is 13.8 Å². The molecule has 0 spiro atoms. The molecule has 0 radical (unpaired) electrons. The maximum Gasteiger partial charge on any atom is 0.230 e. The van der Waals surface area contributed by atoms with Gasteiger partial charge in [0.2, 0.25) is 5.91 Å². The second-order valence-corrected chi connectivity index (χ2v) is 6.04. The first-order chi connectivity index (χ1) is 7.63. The van der Waals surface area contributed by atoms with Crippen LogP contribution in [0.25, 0.3) is 0 Å². The van der Waals surface area contributed by atoms with E-state index in [0.29, 0.717) is 5.75 Å². The zero-order chi connectivity index (χ0) is 12.0. The molecule has 0 aliphatic carbocycles. The third-order valence-corrected chi connectivity index (χ3v) is 4.32. The van der Waals surface area contributed by atoms with Crippen molar-refractivity contribution in [3.8, 4) is 0 Å². The minimum absolute atomic E-state index is 0.00687. The van der Waals surface area contributed by atoms with Crippen LogP contribution in [0.2, 0.25) is 0 Å². The molecule has 0 fully saturated rings. The Labute approximate surface area is 104 Å². The summed E-state index contributed by atoms with van der Waals surface area (Å²) in [5.74, 6) is 0.635. The van der Waals surface area contributed by atoms with Crippen LogP contribution in [0, 0.1) is 5.92 Å². The highest BCUT2D eigenvalue weighted by Crippen LogP contribution is 2.22. The molecule has 0 saturated heterocycles. The number of thioether (sulfide) groups is 1. The zero-order valence-electron chi connectivity index (χ0n) is 9.47. The van der Waals surface area contributed by atoms with Gasteiger partial charge in [-0.15, -0.1) is 23.1 Å². The van der Waals surface area contributed by atoms with Crippen molar-refractivity contribution in [1.82, 2.24) is 5.32 Å². The van der Waals surface area contributed by atoms with Crippen molar-refractivity contribution in [2.45, 2.75) is 24.1 Å². The largest absolute Gasteiger partial charge is 0.394 e. The Morgan fingerprint density at radius 2 is 2.38 bits per heavy atom. The van der Waals surface area contributed by atoms with E-state index in [1.807, 2.05) is 31.4 Å². The average Bonchev–Trinajstić information content (AvgIpc) is 2.75. The van der Waals surface area contributed by atoms with Crippen molar-refractivity contribution in [3.63, 3.8) is 0 Å². The molecule has 1 aromatic rings. The van der Waals surface area contributed by atoms with Gasteiger partial charge in [0.05, 0.1) is 22.6 Å². The zero-order valence-corrected chi connectivity index (χ0v) is 11.1. The molecule has 1 heterocycles. The molecule has 1 rings (SSSR count). The molecule has 0 unspecified atom stereocenters. The molecule has 0 bridgehead atoms. The Hall–Kier alpha value is -0.520. The minimum Gasteiger partial charge on any atom is -0.394 e. The Balaban J connectivity index is 2.30. The molecule has 0 saturated carbocycles. The summed E-state index contributed by atoms with van der Waals surface area (Å²) < 4.78 is 1.14. The smallest absolute Gasteiger partial charge is 0.230 e. The van der Waals surface area contributed by atoms with E-state index in [1.54, 1.807) is 11.3 Å². The van der Waals surface area contributed by atoms with E-state index in [9.17, 15) is 4.79 Å². The van der Waals surface area contributed by atoms with Gasteiger partial charge >= 0.3 is 0 Å². The molecule has 1 aromatic heterocycles. The highest BCUT2D eigenvalue weighted by Gasteiger charge is 2.14. The Morgan fingerprint density at radius 1 is 1.62 bits per heavy atom. The maximum absolute atomic E-state index is 11.6. The number of carbonyl (C=O) groups is 1. The molecule has 0 aliphatic heterocycles. The van der Waals surface area contributed by atoms with Gasteiger partial charge < -0.3 is 10.4 Å². The topological polar surface area (TPSA) is 49.3 Å². The summed E-state index contributed by atoms with van der Waals surface area (Å²) in [6, 6.07) is 3.82. The number of aliphatic hydroxyl groups is 1. The van der Waals surface area contributed by atoms with E-state index < -0.39 is 0 Å². The fourth-order valence-electron chi connectivity index (χ4n) is 1.15. The van der Waals surface area contributed by atoms with Crippen LogP contribution < -0.4 is 5.32 Å². The van der Waals surface area contributed by atoms with Crippen LogP contribution in [-0.4, -0.2) is 29.4 Å². The van der Waals surface area contributed by atoms with Crippen molar-refractivity contribution >= 4 is 29.0 Å². The molecular formula is C11H17NO2S2. The molecule has 1 atom stereocenters. The number of hydrogen-bond acceptors (Lipinski definition) is 4.